The van der Waals surface area contributed by atoms with E-state index in [0.717, 1.165) is 0 Å². The van der Waals surface area contributed by atoms with Crippen LogP contribution in [0.2, 0.25) is 0 Å². The van der Waals surface area contributed by atoms with Gasteiger partial charge in [0.2, 0.25) is 5.91 Å². The van der Waals surface area contributed by atoms with Crippen LogP contribution in [0.25, 0.3) is 0 Å². The van der Waals surface area contributed by atoms with Crippen molar-refractivity contribution in [1.82, 2.24) is 25.8 Å². The lowest BCUT2D eigenvalue weighted by atomic mass is 10.1. The van der Waals surface area contributed by atoms with Gasteiger partial charge in [-0.1, -0.05) is 60.7 Å². The van der Waals surface area contributed by atoms with Crippen molar-refractivity contribution in [3.63, 3.8) is 0 Å². The van der Waals surface area contributed by atoms with Gasteiger partial charge >= 0.3 is 6.03 Å². The van der Waals surface area contributed by atoms with E-state index in [1.165, 1.54) is 16.0 Å². The van der Waals surface area contributed by atoms with E-state index in [1.807, 2.05) is 36.4 Å². The third kappa shape index (κ3) is 3.71. The second-order valence-corrected chi connectivity index (χ2v) is 6.94. The predicted octanol–water partition coefficient (Wildman–Crippen LogP) is 1.04. The Morgan fingerprint density at radius 1 is 0.889 bits per heavy atom. The number of nitrogens with zero attached hydrogens (tertiary/aromatic N) is 2. The molecule has 7 nitrogen and oxygen atoms in total. The van der Waals surface area contributed by atoms with Gasteiger partial charge in [0, 0.05) is 20.1 Å². The Bertz CT molecular complexity index is 772. The van der Waals surface area contributed by atoms with Crippen molar-refractivity contribution in [2.75, 3.05) is 7.05 Å². The summed E-state index contributed by atoms with van der Waals surface area (Å²) in [6.07, 6.45) is -0.607. The maximum absolute atomic E-state index is 12.2. The molecule has 140 valence electrons. The number of carbonyl (C=O) groups excluding carboxylic acids is 2. The molecule has 2 fully saturated rings. The number of nitrogens with one attached hydrogen (secondary N) is 3. The number of carbonyl (C=O) groups is 2. The molecule has 2 aliphatic heterocycles. The van der Waals surface area contributed by atoms with Gasteiger partial charge in [0.1, 0.15) is 18.5 Å². The highest BCUT2D eigenvalue weighted by molar-refractivity contribution is 6.00. The molecule has 7 heteroatoms. The fraction of sp³-hybridized carbons (Fsp3) is 0.300. The van der Waals surface area contributed by atoms with Crippen molar-refractivity contribution in [3.05, 3.63) is 71.8 Å². The number of amides is 3. The molecule has 0 radical (unpaired) electrons. The standard InChI is InChI=1S/C20H23N5O2/c1-24-17-16(18(26)23-20(24)27)21-19(22-17)25(12-14-8-4-2-5-9-14)13-15-10-6-3-7-11-15/h2-11,16-17,19,21-22H,12-13H2,1H3,(H,23,26,27). The average molecular weight is 365 g/mol. The first-order valence-electron chi connectivity index (χ1n) is 9.03. The second-order valence-electron chi connectivity index (χ2n) is 6.94. The topological polar surface area (TPSA) is 76.7 Å². The van der Waals surface area contributed by atoms with Gasteiger partial charge < -0.3 is 4.90 Å². The van der Waals surface area contributed by atoms with Crippen LogP contribution in [-0.4, -0.2) is 47.3 Å². The minimum absolute atomic E-state index is 0.237. The van der Waals surface area contributed by atoms with Crippen molar-refractivity contribution >= 4 is 11.9 Å². The van der Waals surface area contributed by atoms with Crippen molar-refractivity contribution in [1.29, 1.82) is 0 Å². The van der Waals surface area contributed by atoms with Crippen LogP contribution in [0.4, 0.5) is 4.79 Å². The molecular weight excluding hydrogens is 342 g/mol. The smallest absolute Gasteiger partial charge is 0.310 e. The molecule has 0 spiro atoms. The molecule has 2 heterocycles. The van der Waals surface area contributed by atoms with Gasteiger partial charge in [-0.2, -0.15) is 0 Å². The summed E-state index contributed by atoms with van der Waals surface area (Å²) in [4.78, 5) is 27.9. The van der Waals surface area contributed by atoms with Gasteiger partial charge in [0.05, 0.1) is 0 Å². The quantitative estimate of drug-likeness (QED) is 0.738. The van der Waals surface area contributed by atoms with E-state index in [9.17, 15) is 9.59 Å². The highest BCUT2D eigenvalue weighted by Crippen LogP contribution is 2.19. The van der Waals surface area contributed by atoms with E-state index in [1.54, 1.807) is 7.05 Å². The van der Waals surface area contributed by atoms with Gasteiger partial charge in [-0.25, -0.2) is 4.79 Å². The first kappa shape index (κ1) is 17.7. The molecule has 3 unspecified atom stereocenters. The third-order valence-corrected chi connectivity index (χ3v) is 5.05. The van der Waals surface area contributed by atoms with E-state index in [4.69, 9.17) is 0 Å². The van der Waals surface area contributed by atoms with Crippen LogP contribution in [0, 0.1) is 0 Å². The number of likely N-dealkylation sites (N-methyl/N-ethyl adjacent to an activating group) is 1. The number of fused-ring (bicyclic) bond motifs is 1. The molecule has 0 bridgehead atoms. The SMILES string of the molecule is CN1C(=O)NC(=O)C2NC(N(Cc3ccccc3)Cc3ccccc3)NC21. The molecule has 3 amide bonds. The first-order chi connectivity index (χ1) is 13.1. The Labute approximate surface area is 158 Å². The Morgan fingerprint density at radius 2 is 1.44 bits per heavy atom. The summed E-state index contributed by atoms with van der Waals surface area (Å²) >= 11 is 0. The van der Waals surface area contributed by atoms with Crippen molar-refractivity contribution in [2.45, 2.75) is 31.6 Å². The van der Waals surface area contributed by atoms with E-state index in [2.05, 4.69) is 45.1 Å². The lowest BCUT2D eigenvalue weighted by Crippen LogP contribution is -2.64. The molecule has 2 saturated heterocycles. The minimum atomic E-state index is -0.480. The monoisotopic (exact) mass is 365 g/mol. The molecule has 2 aromatic rings. The summed E-state index contributed by atoms with van der Waals surface area (Å²) in [7, 11) is 1.69. The van der Waals surface area contributed by atoms with Crippen LogP contribution in [0.15, 0.2) is 60.7 Å². The zero-order valence-corrected chi connectivity index (χ0v) is 15.1. The zero-order valence-electron chi connectivity index (χ0n) is 15.1. The summed E-state index contributed by atoms with van der Waals surface area (Å²) in [5, 5.41) is 9.13. The van der Waals surface area contributed by atoms with Crippen molar-refractivity contribution in [2.24, 2.45) is 0 Å². The number of hydrogen-bond acceptors (Lipinski definition) is 5. The largest absolute Gasteiger partial charge is 0.325 e. The van der Waals surface area contributed by atoms with E-state index in [0.29, 0.717) is 13.1 Å². The van der Waals surface area contributed by atoms with E-state index >= 15 is 0 Å². The lowest BCUT2D eigenvalue weighted by Gasteiger charge is -2.33. The highest BCUT2D eigenvalue weighted by Gasteiger charge is 2.47. The van der Waals surface area contributed by atoms with Crippen molar-refractivity contribution in [3.8, 4) is 0 Å². The average Bonchev–Trinajstić information content (AvgIpc) is 3.14. The number of urea groups is 1. The van der Waals surface area contributed by atoms with E-state index in [-0.39, 0.29) is 24.4 Å². The number of benzene rings is 2. The fourth-order valence-corrected chi connectivity index (χ4v) is 3.60. The summed E-state index contributed by atoms with van der Waals surface area (Å²) in [6.45, 7) is 1.41. The summed E-state index contributed by atoms with van der Waals surface area (Å²) in [5.41, 5.74) is 2.36. The minimum Gasteiger partial charge on any atom is -0.310 e. The van der Waals surface area contributed by atoms with Gasteiger partial charge in [0.25, 0.3) is 0 Å². The van der Waals surface area contributed by atoms with Gasteiger partial charge in [-0.05, 0) is 11.1 Å². The van der Waals surface area contributed by atoms with Gasteiger partial charge in [-0.3, -0.25) is 25.6 Å². The zero-order chi connectivity index (χ0) is 18.8. The van der Waals surface area contributed by atoms with Crippen LogP contribution in [-0.2, 0) is 17.9 Å². The molecule has 3 N–H and O–H groups in total. The molecule has 0 aromatic heterocycles. The molecule has 4 rings (SSSR count). The maximum atomic E-state index is 12.2. The predicted molar refractivity (Wildman–Crippen MR) is 101 cm³/mol. The lowest BCUT2D eigenvalue weighted by molar-refractivity contribution is -0.124. The van der Waals surface area contributed by atoms with Crippen LogP contribution in [0.3, 0.4) is 0 Å². The number of imide groups is 1. The summed E-state index contributed by atoms with van der Waals surface area (Å²) in [5.74, 6) is -0.294. The Morgan fingerprint density at radius 3 is 2.00 bits per heavy atom. The first-order valence-corrected chi connectivity index (χ1v) is 9.03. The Hall–Kier alpha value is -2.74. The van der Waals surface area contributed by atoms with Gasteiger partial charge in [0.15, 0.2) is 0 Å². The molecular formula is C20H23N5O2. The van der Waals surface area contributed by atoms with Gasteiger partial charge in [-0.15, -0.1) is 0 Å². The summed E-state index contributed by atoms with van der Waals surface area (Å²) in [6, 6.07) is 19.6. The maximum Gasteiger partial charge on any atom is 0.325 e. The molecule has 2 aromatic carbocycles. The molecule has 2 aliphatic rings. The number of hydrogen-bond donors (Lipinski definition) is 3. The molecule has 3 atom stereocenters. The van der Waals surface area contributed by atoms with E-state index < -0.39 is 6.04 Å². The van der Waals surface area contributed by atoms with Crippen LogP contribution in [0.1, 0.15) is 11.1 Å². The Balaban J connectivity index is 1.57. The fourth-order valence-electron chi connectivity index (χ4n) is 3.60. The molecule has 27 heavy (non-hydrogen) atoms. The van der Waals surface area contributed by atoms with Crippen LogP contribution >= 0.6 is 0 Å². The molecule has 0 saturated carbocycles. The van der Waals surface area contributed by atoms with Crippen LogP contribution < -0.4 is 16.0 Å². The normalized spacial score (nSPS) is 24.8. The number of rotatable bonds is 5. The highest BCUT2D eigenvalue weighted by atomic mass is 16.2. The summed E-state index contributed by atoms with van der Waals surface area (Å²) < 4.78 is 0. The second kappa shape index (κ2) is 7.48. The van der Waals surface area contributed by atoms with Crippen molar-refractivity contribution < 1.29 is 9.59 Å². The third-order valence-electron chi connectivity index (χ3n) is 5.05. The Kier molecular flexibility index (Phi) is 4.89. The molecule has 0 aliphatic carbocycles. The van der Waals surface area contributed by atoms with Crippen LogP contribution in [0.5, 0.6) is 0 Å².